The predicted octanol–water partition coefficient (Wildman–Crippen LogP) is 1.38. The summed E-state index contributed by atoms with van der Waals surface area (Å²) in [7, 11) is 0. The minimum absolute atomic E-state index is 0.0211. The molecule has 2 N–H and O–H groups in total. The number of hydrogen-bond donors (Lipinski definition) is 2. The third-order valence-corrected chi connectivity index (χ3v) is 4.81. The standard InChI is InChI=1S/C18H23N3O5S/c1-4-26-14-6-5-11(2)9-13(14)12(3)20-17(24)16(23)19-7-8-21-15(22)10-27-18(21)25/h5-6,9,12H,4,7-8,10H2,1-3H3,(H,19,23)(H,20,24). The summed E-state index contributed by atoms with van der Waals surface area (Å²) >= 11 is 0.925. The molecule has 1 unspecified atom stereocenters. The fraction of sp³-hybridized carbons (Fsp3) is 0.444. The molecule has 4 amide bonds. The first-order valence-electron chi connectivity index (χ1n) is 8.62. The molecule has 0 radical (unpaired) electrons. The zero-order chi connectivity index (χ0) is 20.0. The minimum Gasteiger partial charge on any atom is -0.494 e. The summed E-state index contributed by atoms with van der Waals surface area (Å²) in [5.74, 6) is -1.14. The molecule has 27 heavy (non-hydrogen) atoms. The number of carbonyl (C=O) groups is 4. The lowest BCUT2D eigenvalue weighted by Gasteiger charge is -2.19. The van der Waals surface area contributed by atoms with Crippen molar-refractivity contribution in [1.82, 2.24) is 15.5 Å². The lowest BCUT2D eigenvalue weighted by molar-refractivity contribution is -0.139. The Morgan fingerprint density at radius 2 is 2.04 bits per heavy atom. The van der Waals surface area contributed by atoms with Gasteiger partial charge in [0.1, 0.15) is 5.75 Å². The molecular formula is C18H23N3O5S. The Labute approximate surface area is 162 Å². The normalized spacial score (nSPS) is 14.9. The van der Waals surface area contributed by atoms with E-state index in [1.807, 2.05) is 32.0 Å². The van der Waals surface area contributed by atoms with Crippen molar-refractivity contribution in [3.63, 3.8) is 0 Å². The van der Waals surface area contributed by atoms with Gasteiger partial charge in [0, 0.05) is 18.7 Å². The number of nitrogens with zero attached hydrogens (tertiary/aromatic N) is 1. The van der Waals surface area contributed by atoms with E-state index in [1.54, 1.807) is 6.92 Å². The molecule has 0 bridgehead atoms. The molecule has 1 saturated heterocycles. The van der Waals surface area contributed by atoms with Crippen molar-refractivity contribution in [3.8, 4) is 5.75 Å². The van der Waals surface area contributed by atoms with Crippen LogP contribution in [0.3, 0.4) is 0 Å². The molecule has 0 aromatic heterocycles. The zero-order valence-corrected chi connectivity index (χ0v) is 16.4. The monoisotopic (exact) mass is 393 g/mol. The molecule has 1 fully saturated rings. The third kappa shape index (κ3) is 5.46. The summed E-state index contributed by atoms with van der Waals surface area (Å²) in [4.78, 5) is 48.1. The largest absolute Gasteiger partial charge is 0.494 e. The second kappa shape index (κ2) is 9.40. The fourth-order valence-electron chi connectivity index (χ4n) is 2.59. The van der Waals surface area contributed by atoms with Gasteiger partial charge in [-0.3, -0.25) is 24.1 Å². The van der Waals surface area contributed by atoms with Gasteiger partial charge in [-0.25, -0.2) is 0 Å². The molecule has 2 rings (SSSR count). The van der Waals surface area contributed by atoms with E-state index in [-0.39, 0.29) is 30.0 Å². The van der Waals surface area contributed by atoms with Gasteiger partial charge in [-0.2, -0.15) is 0 Å². The predicted molar refractivity (Wildman–Crippen MR) is 101 cm³/mol. The van der Waals surface area contributed by atoms with Crippen LogP contribution in [-0.4, -0.2) is 53.3 Å². The first-order chi connectivity index (χ1) is 12.8. The van der Waals surface area contributed by atoms with Crippen LogP contribution in [0.1, 0.15) is 31.0 Å². The van der Waals surface area contributed by atoms with Crippen LogP contribution < -0.4 is 15.4 Å². The number of aryl methyl sites for hydroxylation is 1. The number of hydrogen-bond acceptors (Lipinski definition) is 6. The van der Waals surface area contributed by atoms with Crippen LogP contribution in [0.15, 0.2) is 18.2 Å². The van der Waals surface area contributed by atoms with Gasteiger partial charge < -0.3 is 15.4 Å². The van der Waals surface area contributed by atoms with Crippen molar-refractivity contribution in [2.24, 2.45) is 0 Å². The van der Waals surface area contributed by atoms with E-state index in [0.29, 0.717) is 12.4 Å². The molecule has 1 aromatic rings. The Morgan fingerprint density at radius 1 is 1.30 bits per heavy atom. The van der Waals surface area contributed by atoms with E-state index in [4.69, 9.17) is 4.74 Å². The summed E-state index contributed by atoms with van der Waals surface area (Å²) in [6.07, 6.45) is 0. The number of ether oxygens (including phenoxy) is 1. The van der Waals surface area contributed by atoms with E-state index < -0.39 is 17.9 Å². The summed E-state index contributed by atoms with van der Waals surface area (Å²) in [5, 5.41) is 4.72. The highest BCUT2D eigenvalue weighted by molar-refractivity contribution is 8.14. The zero-order valence-electron chi connectivity index (χ0n) is 15.5. The van der Waals surface area contributed by atoms with E-state index >= 15 is 0 Å². The number of nitrogens with one attached hydrogen (secondary N) is 2. The van der Waals surface area contributed by atoms with Crippen LogP contribution >= 0.6 is 11.8 Å². The number of benzene rings is 1. The molecule has 0 saturated carbocycles. The number of thioether (sulfide) groups is 1. The van der Waals surface area contributed by atoms with Crippen LogP contribution in [0.25, 0.3) is 0 Å². The third-order valence-electron chi connectivity index (χ3n) is 3.95. The summed E-state index contributed by atoms with van der Waals surface area (Å²) < 4.78 is 5.57. The first kappa shape index (κ1) is 20.8. The lowest BCUT2D eigenvalue weighted by Crippen LogP contribution is -2.44. The van der Waals surface area contributed by atoms with Crippen molar-refractivity contribution in [2.45, 2.75) is 26.8 Å². The van der Waals surface area contributed by atoms with Crippen molar-refractivity contribution in [2.75, 3.05) is 25.4 Å². The average Bonchev–Trinajstić information content (AvgIpc) is 2.95. The maximum Gasteiger partial charge on any atom is 0.309 e. The molecule has 1 aromatic carbocycles. The highest BCUT2D eigenvalue weighted by atomic mass is 32.2. The smallest absolute Gasteiger partial charge is 0.309 e. The van der Waals surface area contributed by atoms with Gasteiger partial charge in [0.25, 0.3) is 5.24 Å². The minimum atomic E-state index is -0.820. The number of carbonyl (C=O) groups excluding carboxylic acids is 4. The maximum absolute atomic E-state index is 12.1. The molecule has 8 nitrogen and oxygen atoms in total. The van der Waals surface area contributed by atoms with E-state index in [0.717, 1.165) is 27.8 Å². The number of imide groups is 1. The van der Waals surface area contributed by atoms with Crippen molar-refractivity contribution < 1.29 is 23.9 Å². The Bertz CT molecular complexity index is 737. The number of amides is 4. The molecule has 1 aliphatic rings. The molecule has 146 valence electrons. The molecule has 9 heteroatoms. The Balaban J connectivity index is 1.88. The first-order valence-corrected chi connectivity index (χ1v) is 9.61. The summed E-state index contributed by atoms with van der Waals surface area (Å²) in [5.41, 5.74) is 1.79. The van der Waals surface area contributed by atoms with Gasteiger partial charge in [0.2, 0.25) is 5.91 Å². The molecule has 0 spiro atoms. The quantitative estimate of drug-likeness (QED) is 0.678. The van der Waals surface area contributed by atoms with Crippen LogP contribution in [0.2, 0.25) is 0 Å². The number of rotatable bonds is 7. The fourth-order valence-corrected chi connectivity index (χ4v) is 3.34. The second-order valence-corrected chi connectivity index (χ2v) is 6.95. The molecule has 0 aliphatic carbocycles. The van der Waals surface area contributed by atoms with Gasteiger partial charge in [0.05, 0.1) is 18.4 Å². The van der Waals surface area contributed by atoms with Gasteiger partial charge in [0.15, 0.2) is 0 Å². The van der Waals surface area contributed by atoms with Crippen LogP contribution in [0, 0.1) is 6.92 Å². The van der Waals surface area contributed by atoms with Crippen LogP contribution in [0.4, 0.5) is 4.79 Å². The van der Waals surface area contributed by atoms with Crippen molar-refractivity contribution in [1.29, 1.82) is 0 Å². The maximum atomic E-state index is 12.1. The highest BCUT2D eigenvalue weighted by Crippen LogP contribution is 2.26. The van der Waals surface area contributed by atoms with E-state index in [9.17, 15) is 19.2 Å². The molecule has 1 atom stereocenters. The summed E-state index contributed by atoms with van der Waals surface area (Å²) in [6, 6.07) is 5.21. The van der Waals surface area contributed by atoms with Gasteiger partial charge in [-0.15, -0.1) is 0 Å². The van der Waals surface area contributed by atoms with Gasteiger partial charge >= 0.3 is 11.8 Å². The SMILES string of the molecule is CCOc1ccc(C)cc1C(C)NC(=O)C(=O)NCCN1C(=O)CSC1=O. The molecular weight excluding hydrogens is 370 g/mol. The van der Waals surface area contributed by atoms with Crippen molar-refractivity contribution in [3.05, 3.63) is 29.3 Å². The van der Waals surface area contributed by atoms with E-state index in [1.165, 1.54) is 0 Å². The summed E-state index contributed by atoms with van der Waals surface area (Å²) in [6.45, 7) is 6.12. The van der Waals surface area contributed by atoms with Gasteiger partial charge in [-0.1, -0.05) is 29.5 Å². The van der Waals surface area contributed by atoms with Gasteiger partial charge in [-0.05, 0) is 26.8 Å². The Morgan fingerprint density at radius 3 is 2.67 bits per heavy atom. The van der Waals surface area contributed by atoms with E-state index in [2.05, 4.69) is 10.6 Å². The topological polar surface area (TPSA) is 105 Å². The highest BCUT2D eigenvalue weighted by Gasteiger charge is 2.29. The lowest BCUT2D eigenvalue weighted by atomic mass is 10.0. The molecule has 1 heterocycles. The molecule has 1 aliphatic heterocycles. The Hall–Kier alpha value is -2.55. The van der Waals surface area contributed by atoms with Crippen LogP contribution in [-0.2, 0) is 14.4 Å². The van der Waals surface area contributed by atoms with Crippen molar-refractivity contribution >= 4 is 34.7 Å². The Kier molecular flexibility index (Phi) is 7.23. The second-order valence-electron chi connectivity index (χ2n) is 6.03. The van der Waals surface area contributed by atoms with Crippen LogP contribution in [0.5, 0.6) is 5.75 Å². The average molecular weight is 393 g/mol.